The molecular weight excluding hydrogens is 240 g/mol. The normalized spacial score (nSPS) is 10.8. The Balaban J connectivity index is 2.16. The second-order valence-electron chi connectivity index (χ2n) is 4.44. The number of benzene rings is 1. The Labute approximate surface area is 109 Å². The first-order valence-corrected chi connectivity index (χ1v) is 5.93. The topological polar surface area (TPSA) is 54.6 Å². The van der Waals surface area contributed by atoms with Crippen molar-refractivity contribution in [1.82, 2.24) is 9.61 Å². The van der Waals surface area contributed by atoms with Crippen LogP contribution >= 0.6 is 0 Å². The molecule has 0 saturated heterocycles. The van der Waals surface area contributed by atoms with Gasteiger partial charge in [0.2, 0.25) is 5.78 Å². The first-order valence-electron chi connectivity index (χ1n) is 5.93. The Bertz CT molecular complexity index is 775. The lowest BCUT2D eigenvalue weighted by atomic mass is 10.0. The number of carbonyl (C=O) groups excluding carboxylic acids is 1. The monoisotopic (exact) mass is 252 g/mol. The minimum Gasteiger partial charge on any atom is -0.507 e. The van der Waals surface area contributed by atoms with Crippen molar-refractivity contribution in [2.24, 2.45) is 0 Å². The van der Waals surface area contributed by atoms with Gasteiger partial charge in [-0.1, -0.05) is 17.7 Å². The summed E-state index contributed by atoms with van der Waals surface area (Å²) in [5.41, 5.74) is 2.45. The van der Waals surface area contributed by atoms with Crippen LogP contribution in [0, 0.1) is 6.92 Å². The molecule has 0 aliphatic rings. The van der Waals surface area contributed by atoms with Crippen molar-refractivity contribution in [3.8, 4) is 5.75 Å². The van der Waals surface area contributed by atoms with E-state index >= 15 is 0 Å². The second kappa shape index (κ2) is 4.24. The highest BCUT2D eigenvalue weighted by Crippen LogP contribution is 2.23. The molecule has 0 fully saturated rings. The maximum atomic E-state index is 12.5. The minimum absolute atomic E-state index is 0.00844. The van der Waals surface area contributed by atoms with Crippen molar-refractivity contribution in [3.63, 3.8) is 0 Å². The zero-order chi connectivity index (χ0) is 13.4. The summed E-state index contributed by atoms with van der Waals surface area (Å²) in [7, 11) is 0. The highest BCUT2D eigenvalue weighted by molar-refractivity contribution is 6.14. The van der Waals surface area contributed by atoms with Crippen LogP contribution in [-0.4, -0.2) is 20.5 Å². The highest BCUT2D eigenvalue weighted by Gasteiger charge is 2.17. The molecule has 2 heterocycles. The molecule has 3 rings (SSSR count). The lowest BCUT2D eigenvalue weighted by Crippen LogP contribution is -2.01. The number of fused-ring (bicyclic) bond motifs is 1. The number of ketones is 1. The van der Waals surface area contributed by atoms with Crippen molar-refractivity contribution >= 4 is 11.3 Å². The van der Waals surface area contributed by atoms with Crippen molar-refractivity contribution in [2.45, 2.75) is 6.92 Å². The highest BCUT2D eigenvalue weighted by atomic mass is 16.3. The van der Waals surface area contributed by atoms with Crippen LogP contribution in [0.2, 0.25) is 0 Å². The summed E-state index contributed by atoms with van der Waals surface area (Å²) in [6, 6.07) is 10.5. The van der Waals surface area contributed by atoms with Crippen LogP contribution in [0.4, 0.5) is 0 Å². The fraction of sp³-hybridized carbons (Fsp3) is 0.0667. The molecular formula is C15H12N2O2. The lowest BCUT2D eigenvalue weighted by Gasteiger charge is -2.04. The number of hydrogen-bond donors (Lipinski definition) is 1. The number of nitrogens with zero attached hydrogens (tertiary/aromatic N) is 2. The fourth-order valence-electron chi connectivity index (χ4n) is 2.09. The standard InChI is InChI=1S/C15H12N2O2/c1-10-5-6-14(18)11(8-10)15(19)12-9-16-17-7-3-2-4-13(12)17/h2-9,18H,1H3. The van der Waals surface area contributed by atoms with Gasteiger partial charge < -0.3 is 5.11 Å². The van der Waals surface area contributed by atoms with E-state index in [0.29, 0.717) is 11.1 Å². The maximum Gasteiger partial charge on any atom is 0.200 e. The first-order chi connectivity index (χ1) is 9.16. The van der Waals surface area contributed by atoms with Crippen LogP contribution in [0.3, 0.4) is 0 Å². The summed E-state index contributed by atoms with van der Waals surface area (Å²) in [5.74, 6) is -0.228. The van der Waals surface area contributed by atoms with Gasteiger partial charge in [-0.2, -0.15) is 5.10 Å². The van der Waals surface area contributed by atoms with Crippen molar-refractivity contribution in [1.29, 1.82) is 0 Å². The third-order valence-corrected chi connectivity index (χ3v) is 3.07. The number of aromatic nitrogens is 2. The molecule has 0 radical (unpaired) electrons. The number of phenolic OH excluding ortho intramolecular Hbond substituents is 1. The van der Waals surface area contributed by atoms with Gasteiger partial charge in [0, 0.05) is 6.20 Å². The van der Waals surface area contributed by atoms with Crippen LogP contribution in [-0.2, 0) is 0 Å². The maximum absolute atomic E-state index is 12.5. The van der Waals surface area contributed by atoms with E-state index < -0.39 is 0 Å². The zero-order valence-corrected chi connectivity index (χ0v) is 10.4. The molecule has 0 bridgehead atoms. The molecule has 2 aromatic heterocycles. The van der Waals surface area contributed by atoms with Gasteiger partial charge >= 0.3 is 0 Å². The van der Waals surface area contributed by atoms with E-state index in [9.17, 15) is 9.90 Å². The van der Waals surface area contributed by atoms with E-state index in [1.165, 1.54) is 12.3 Å². The lowest BCUT2D eigenvalue weighted by molar-refractivity contribution is 0.103. The molecule has 0 spiro atoms. The summed E-state index contributed by atoms with van der Waals surface area (Å²) in [4.78, 5) is 12.5. The number of rotatable bonds is 2. The van der Waals surface area contributed by atoms with E-state index in [1.807, 2.05) is 25.1 Å². The third-order valence-electron chi connectivity index (χ3n) is 3.07. The molecule has 4 heteroatoms. The van der Waals surface area contributed by atoms with Crippen LogP contribution < -0.4 is 0 Å². The smallest absolute Gasteiger partial charge is 0.200 e. The summed E-state index contributed by atoms with van der Waals surface area (Å²) in [6.07, 6.45) is 3.31. The van der Waals surface area contributed by atoms with E-state index in [-0.39, 0.29) is 11.5 Å². The van der Waals surface area contributed by atoms with Gasteiger partial charge in [0.25, 0.3) is 0 Å². The molecule has 0 saturated carbocycles. The summed E-state index contributed by atoms with van der Waals surface area (Å²) < 4.78 is 1.64. The fourth-order valence-corrected chi connectivity index (χ4v) is 2.09. The molecule has 0 unspecified atom stereocenters. The summed E-state index contributed by atoms with van der Waals surface area (Å²) >= 11 is 0. The predicted molar refractivity (Wildman–Crippen MR) is 71.5 cm³/mol. The van der Waals surface area contributed by atoms with Gasteiger partial charge in [0.15, 0.2) is 0 Å². The number of carbonyl (C=O) groups is 1. The van der Waals surface area contributed by atoms with Crippen LogP contribution in [0.25, 0.3) is 5.52 Å². The third kappa shape index (κ3) is 1.87. The van der Waals surface area contributed by atoms with Crippen LogP contribution in [0.1, 0.15) is 21.5 Å². The predicted octanol–water partition coefficient (Wildman–Crippen LogP) is 2.58. The number of aryl methyl sites for hydroxylation is 1. The average molecular weight is 252 g/mol. The average Bonchev–Trinajstić information content (AvgIpc) is 2.84. The Kier molecular flexibility index (Phi) is 2.56. The minimum atomic E-state index is -0.220. The van der Waals surface area contributed by atoms with Gasteiger partial charge in [0.05, 0.1) is 22.8 Å². The Hall–Kier alpha value is -2.62. The Morgan fingerprint density at radius 1 is 1.21 bits per heavy atom. The summed E-state index contributed by atoms with van der Waals surface area (Å²) in [6.45, 7) is 1.88. The quantitative estimate of drug-likeness (QED) is 0.713. The number of aromatic hydroxyl groups is 1. The Morgan fingerprint density at radius 3 is 2.89 bits per heavy atom. The van der Waals surface area contributed by atoms with E-state index in [0.717, 1.165) is 11.1 Å². The first kappa shape index (κ1) is 11.5. The van der Waals surface area contributed by atoms with Gasteiger partial charge in [0.1, 0.15) is 5.75 Å². The molecule has 1 N–H and O–H groups in total. The van der Waals surface area contributed by atoms with Gasteiger partial charge in [-0.05, 0) is 31.2 Å². The van der Waals surface area contributed by atoms with Gasteiger partial charge in [-0.3, -0.25) is 4.79 Å². The largest absolute Gasteiger partial charge is 0.507 e. The van der Waals surface area contributed by atoms with Crippen molar-refractivity contribution in [2.75, 3.05) is 0 Å². The summed E-state index contributed by atoms with van der Waals surface area (Å²) in [5, 5.41) is 14.0. The van der Waals surface area contributed by atoms with E-state index in [4.69, 9.17) is 0 Å². The SMILES string of the molecule is Cc1ccc(O)c(C(=O)c2cnn3ccccc23)c1. The molecule has 0 aliphatic carbocycles. The molecule has 19 heavy (non-hydrogen) atoms. The number of hydrogen-bond acceptors (Lipinski definition) is 3. The molecule has 0 atom stereocenters. The number of pyridine rings is 1. The second-order valence-corrected chi connectivity index (χ2v) is 4.44. The Morgan fingerprint density at radius 2 is 2.05 bits per heavy atom. The van der Waals surface area contributed by atoms with E-state index in [2.05, 4.69) is 5.10 Å². The zero-order valence-electron chi connectivity index (χ0n) is 10.4. The molecule has 1 aromatic carbocycles. The van der Waals surface area contributed by atoms with Crippen LogP contribution in [0.15, 0.2) is 48.8 Å². The molecule has 4 nitrogen and oxygen atoms in total. The molecule has 94 valence electrons. The van der Waals surface area contributed by atoms with Crippen molar-refractivity contribution < 1.29 is 9.90 Å². The molecule has 0 amide bonds. The van der Waals surface area contributed by atoms with Gasteiger partial charge in [-0.25, -0.2) is 4.52 Å². The molecule has 0 aliphatic heterocycles. The van der Waals surface area contributed by atoms with Crippen LogP contribution in [0.5, 0.6) is 5.75 Å². The number of phenols is 1. The molecule has 3 aromatic rings. The van der Waals surface area contributed by atoms with Gasteiger partial charge in [-0.15, -0.1) is 0 Å². The van der Waals surface area contributed by atoms with E-state index in [1.54, 1.807) is 22.8 Å². The van der Waals surface area contributed by atoms with Crippen molar-refractivity contribution in [3.05, 3.63) is 65.5 Å².